The first kappa shape index (κ1) is 15.6. The maximum Gasteiger partial charge on any atom is 0.337 e. The molecular formula is C18H21NO4. The summed E-state index contributed by atoms with van der Waals surface area (Å²) >= 11 is 0. The van der Waals surface area contributed by atoms with Crippen molar-refractivity contribution in [3.63, 3.8) is 0 Å². The highest BCUT2D eigenvalue weighted by molar-refractivity contribution is 5.99. The largest absolute Gasteiger partial charge is 0.491 e. The summed E-state index contributed by atoms with van der Waals surface area (Å²) in [5, 5.41) is 2.81. The van der Waals surface area contributed by atoms with Crippen LogP contribution in [0.15, 0.2) is 35.5 Å². The fraction of sp³-hybridized carbons (Fsp3) is 0.444. The second-order valence-electron chi connectivity index (χ2n) is 6.73. The second-order valence-corrected chi connectivity index (χ2v) is 6.73. The second kappa shape index (κ2) is 5.41. The smallest absolute Gasteiger partial charge is 0.337 e. The number of ether oxygens (including phenoxy) is 2. The Bertz CT molecular complexity index is 703. The molecule has 0 saturated carbocycles. The number of cyclic esters (lactones) is 1. The van der Waals surface area contributed by atoms with Crippen molar-refractivity contribution in [1.29, 1.82) is 0 Å². The number of benzene rings is 1. The van der Waals surface area contributed by atoms with E-state index in [0.29, 0.717) is 11.3 Å². The number of carbonyl (C=O) groups excluding carboxylic acids is 2. The van der Waals surface area contributed by atoms with Gasteiger partial charge in [-0.05, 0) is 45.4 Å². The lowest BCUT2D eigenvalue weighted by molar-refractivity contribution is -0.144. The lowest BCUT2D eigenvalue weighted by atomic mass is 9.83. The van der Waals surface area contributed by atoms with Gasteiger partial charge in [-0.2, -0.15) is 0 Å². The first-order valence-electron chi connectivity index (χ1n) is 7.82. The highest BCUT2D eigenvalue weighted by Crippen LogP contribution is 2.43. The Hall–Kier alpha value is -2.30. The van der Waals surface area contributed by atoms with E-state index in [0.717, 1.165) is 11.3 Å². The van der Waals surface area contributed by atoms with E-state index in [-0.39, 0.29) is 30.3 Å². The van der Waals surface area contributed by atoms with Crippen LogP contribution in [0.2, 0.25) is 0 Å². The summed E-state index contributed by atoms with van der Waals surface area (Å²) in [6, 6.07) is 7.57. The molecule has 5 heteroatoms. The molecule has 2 heterocycles. The fourth-order valence-electron chi connectivity index (χ4n) is 3.14. The Balaban J connectivity index is 2.03. The van der Waals surface area contributed by atoms with Crippen LogP contribution in [0.25, 0.3) is 0 Å². The first-order chi connectivity index (χ1) is 10.8. The minimum absolute atomic E-state index is 0.0602. The van der Waals surface area contributed by atoms with Crippen molar-refractivity contribution in [2.24, 2.45) is 0 Å². The van der Waals surface area contributed by atoms with Crippen LogP contribution in [0, 0.1) is 0 Å². The topological polar surface area (TPSA) is 64.6 Å². The standard InChI is InChI=1S/C18H21NO4/c1-10(2)22-12-7-5-6-11(8-12)13-9-14(20)19-16-15(13)17(21)23-18(16,3)4/h5-8,10,13H,9H2,1-4H3,(H,19,20)/t13-/m1/s1. The molecule has 0 spiro atoms. The van der Waals surface area contributed by atoms with Gasteiger partial charge < -0.3 is 14.8 Å². The number of hydrogen-bond acceptors (Lipinski definition) is 4. The molecular weight excluding hydrogens is 294 g/mol. The Morgan fingerprint density at radius 2 is 2.04 bits per heavy atom. The molecule has 0 aliphatic carbocycles. The Morgan fingerprint density at radius 1 is 1.30 bits per heavy atom. The third-order valence-corrected chi connectivity index (χ3v) is 4.07. The van der Waals surface area contributed by atoms with Crippen LogP contribution in [0.5, 0.6) is 5.75 Å². The molecule has 1 atom stereocenters. The average Bonchev–Trinajstić information content (AvgIpc) is 2.67. The predicted molar refractivity (Wildman–Crippen MR) is 84.9 cm³/mol. The van der Waals surface area contributed by atoms with E-state index in [9.17, 15) is 9.59 Å². The fourth-order valence-corrected chi connectivity index (χ4v) is 3.14. The molecule has 1 amide bonds. The van der Waals surface area contributed by atoms with Gasteiger partial charge in [-0.3, -0.25) is 4.79 Å². The van der Waals surface area contributed by atoms with E-state index in [1.165, 1.54) is 0 Å². The number of rotatable bonds is 3. The molecule has 3 rings (SSSR count). The highest BCUT2D eigenvalue weighted by atomic mass is 16.6. The van der Waals surface area contributed by atoms with Crippen molar-refractivity contribution >= 4 is 11.9 Å². The summed E-state index contributed by atoms with van der Waals surface area (Å²) < 4.78 is 11.2. The van der Waals surface area contributed by atoms with Crippen LogP contribution >= 0.6 is 0 Å². The number of hydrogen-bond donors (Lipinski definition) is 1. The zero-order valence-corrected chi connectivity index (χ0v) is 13.8. The van der Waals surface area contributed by atoms with Crippen molar-refractivity contribution in [1.82, 2.24) is 5.32 Å². The molecule has 1 aromatic rings. The lowest BCUT2D eigenvalue weighted by Crippen LogP contribution is -2.38. The summed E-state index contributed by atoms with van der Waals surface area (Å²) in [6.45, 7) is 7.48. The quantitative estimate of drug-likeness (QED) is 0.871. The van der Waals surface area contributed by atoms with Crippen molar-refractivity contribution in [3.05, 3.63) is 41.1 Å². The van der Waals surface area contributed by atoms with Gasteiger partial charge in [-0.25, -0.2) is 4.79 Å². The average molecular weight is 315 g/mol. The maximum absolute atomic E-state index is 12.3. The molecule has 2 aliphatic heterocycles. The maximum atomic E-state index is 12.3. The van der Waals surface area contributed by atoms with E-state index < -0.39 is 5.60 Å². The molecule has 5 nitrogen and oxygen atoms in total. The lowest BCUT2D eigenvalue weighted by Gasteiger charge is -2.27. The zero-order valence-electron chi connectivity index (χ0n) is 13.8. The Morgan fingerprint density at radius 3 is 2.74 bits per heavy atom. The first-order valence-corrected chi connectivity index (χ1v) is 7.82. The van der Waals surface area contributed by atoms with Gasteiger partial charge >= 0.3 is 5.97 Å². The molecule has 0 radical (unpaired) electrons. The minimum Gasteiger partial charge on any atom is -0.491 e. The van der Waals surface area contributed by atoms with Crippen LogP contribution in [-0.2, 0) is 14.3 Å². The van der Waals surface area contributed by atoms with Crippen molar-refractivity contribution < 1.29 is 19.1 Å². The molecule has 0 bridgehead atoms. The summed E-state index contributed by atoms with van der Waals surface area (Å²) in [6.07, 6.45) is 0.292. The van der Waals surface area contributed by atoms with Gasteiger partial charge in [0.25, 0.3) is 0 Å². The van der Waals surface area contributed by atoms with Crippen molar-refractivity contribution in [2.75, 3.05) is 0 Å². The van der Waals surface area contributed by atoms with E-state index in [1.807, 2.05) is 38.1 Å². The van der Waals surface area contributed by atoms with Gasteiger partial charge in [-0.15, -0.1) is 0 Å². The van der Waals surface area contributed by atoms with Gasteiger partial charge in [-0.1, -0.05) is 12.1 Å². The van der Waals surface area contributed by atoms with Crippen LogP contribution < -0.4 is 10.1 Å². The minimum atomic E-state index is -0.799. The summed E-state index contributed by atoms with van der Waals surface area (Å²) in [7, 11) is 0. The summed E-state index contributed by atoms with van der Waals surface area (Å²) in [4.78, 5) is 24.4. The van der Waals surface area contributed by atoms with E-state index in [1.54, 1.807) is 13.8 Å². The van der Waals surface area contributed by atoms with E-state index in [4.69, 9.17) is 9.47 Å². The SMILES string of the molecule is CC(C)Oc1cccc([C@H]2CC(=O)NC3=C2C(=O)OC3(C)C)c1. The third-order valence-electron chi connectivity index (χ3n) is 4.07. The summed E-state index contributed by atoms with van der Waals surface area (Å²) in [5.41, 5.74) is 1.22. The van der Waals surface area contributed by atoms with Crippen molar-refractivity contribution in [2.45, 2.75) is 51.7 Å². The van der Waals surface area contributed by atoms with Crippen LogP contribution in [0.3, 0.4) is 0 Å². The Kier molecular flexibility index (Phi) is 3.66. The molecule has 2 aliphatic rings. The molecule has 23 heavy (non-hydrogen) atoms. The number of esters is 1. The molecule has 0 unspecified atom stereocenters. The van der Waals surface area contributed by atoms with Crippen LogP contribution in [0.1, 0.15) is 45.6 Å². The number of carbonyl (C=O) groups is 2. The van der Waals surface area contributed by atoms with Crippen LogP contribution in [-0.4, -0.2) is 23.6 Å². The molecule has 122 valence electrons. The molecule has 1 N–H and O–H groups in total. The molecule has 0 aromatic heterocycles. The van der Waals surface area contributed by atoms with E-state index in [2.05, 4.69) is 5.32 Å². The van der Waals surface area contributed by atoms with Crippen molar-refractivity contribution in [3.8, 4) is 5.75 Å². The normalized spacial score (nSPS) is 22.7. The van der Waals surface area contributed by atoms with E-state index >= 15 is 0 Å². The number of nitrogens with one attached hydrogen (secondary N) is 1. The molecule has 0 saturated heterocycles. The van der Waals surface area contributed by atoms with Gasteiger partial charge in [0.15, 0.2) is 0 Å². The van der Waals surface area contributed by atoms with Gasteiger partial charge in [0, 0.05) is 12.3 Å². The van der Waals surface area contributed by atoms with Gasteiger partial charge in [0.05, 0.1) is 17.4 Å². The molecule has 0 fully saturated rings. The number of amides is 1. The Labute approximate surface area is 135 Å². The highest BCUT2D eigenvalue weighted by Gasteiger charge is 2.47. The van der Waals surface area contributed by atoms with Crippen LogP contribution in [0.4, 0.5) is 0 Å². The third kappa shape index (κ3) is 2.83. The van der Waals surface area contributed by atoms with Gasteiger partial charge in [0.2, 0.25) is 5.91 Å². The monoisotopic (exact) mass is 315 g/mol. The summed E-state index contributed by atoms with van der Waals surface area (Å²) in [5.74, 6) is -0.0273. The van der Waals surface area contributed by atoms with Gasteiger partial charge in [0.1, 0.15) is 11.4 Å². The zero-order chi connectivity index (χ0) is 16.8. The predicted octanol–water partition coefficient (Wildman–Crippen LogP) is 2.67. The molecule has 1 aromatic carbocycles.